The van der Waals surface area contributed by atoms with Crippen LogP contribution in [-0.2, 0) is 0 Å². The Balaban J connectivity index is 1.13. The Morgan fingerprint density at radius 1 is 0.512 bits per heavy atom. The second-order valence-electron chi connectivity index (χ2n) is 9.26. The van der Waals surface area contributed by atoms with Crippen LogP contribution in [0.25, 0.3) is 0 Å². The normalized spacial score (nSPS) is 13.7. The van der Waals surface area contributed by atoms with Crippen molar-refractivity contribution < 1.29 is 38.5 Å². The zero-order chi connectivity index (χ0) is 30.4. The van der Waals surface area contributed by atoms with Crippen LogP contribution in [0.15, 0.2) is 84.9 Å². The molecule has 4 aromatic carbocycles. The number of ether oxygens (including phenoxy) is 2. The van der Waals surface area contributed by atoms with Crippen molar-refractivity contribution in [3.63, 3.8) is 0 Å². The summed E-state index contributed by atoms with van der Waals surface area (Å²) < 4.78 is 11.2. The van der Waals surface area contributed by atoms with Crippen LogP contribution in [-0.4, -0.2) is 40.3 Å². The molecule has 0 aliphatic carbocycles. The van der Waals surface area contributed by atoms with E-state index in [1.165, 1.54) is 84.9 Å². The second-order valence-corrected chi connectivity index (χ2v) is 9.26. The molecule has 43 heavy (non-hydrogen) atoms. The molecule has 0 saturated carbocycles. The average Bonchev–Trinajstić information content (AvgIpc) is 3.40. The lowest BCUT2D eigenvalue weighted by Gasteiger charge is -2.13. The maximum absolute atomic E-state index is 13.0. The number of fused-ring (bicyclic) bond motifs is 2. The van der Waals surface area contributed by atoms with Gasteiger partial charge in [0, 0.05) is 24.3 Å². The van der Waals surface area contributed by atoms with E-state index in [-0.39, 0.29) is 63.3 Å². The van der Waals surface area contributed by atoms with Crippen LogP contribution in [0, 0.1) is 20.2 Å². The fourth-order valence-electron chi connectivity index (χ4n) is 4.70. The molecular formula is C29H16N4O10. The van der Waals surface area contributed by atoms with Crippen molar-refractivity contribution in [1.82, 2.24) is 0 Å². The van der Waals surface area contributed by atoms with Gasteiger partial charge in [0.2, 0.25) is 6.79 Å². The van der Waals surface area contributed by atoms with Gasteiger partial charge in [0.15, 0.2) is 0 Å². The summed E-state index contributed by atoms with van der Waals surface area (Å²) in [6, 6.07) is 18.5. The number of amides is 4. The fourth-order valence-corrected chi connectivity index (χ4v) is 4.70. The van der Waals surface area contributed by atoms with Crippen molar-refractivity contribution in [3.8, 4) is 11.5 Å². The van der Waals surface area contributed by atoms with E-state index in [4.69, 9.17) is 9.47 Å². The van der Waals surface area contributed by atoms with Gasteiger partial charge in [-0.15, -0.1) is 0 Å². The lowest BCUT2D eigenvalue weighted by atomic mass is 10.1. The topological polar surface area (TPSA) is 180 Å². The Morgan fingerprint density at radius 2 is 0.860 bits per heavy atom. The van der Waals surface area contributed by atoms with Crippen LogP contribution in [0.1, 0.15) is 41.4 Å². The van der Waals surface area contributed by atoms with Gasteiger partial charge in [-0.1, -0.05) is 0 Å². The molecule has 4 aromatic rings. The molecule has 0 aromatic heterocycles. The molecule has 14 heteroatoms. The highest BCUT2D eigenvalue weighted by molar-refractivity contribution is 6.35. The molecule has 0 radical (unpaired) electrons. The van der Waals surface area contributed by atoms with Gasteiger partial charge in [-0.3, -0.25) is 39.4 Å². The molecule has 0 spiro atoms. The van der Waals surface area contributed by atoms with E-state index in [9.17, 15) is 39.4 Å². The minimum Gasteiger partial charge on any atom is -0.457 e. The summed E-state index contributed by atoms with van der Waals surface area (Å²) in [4.78, 5) is 74.2. The molecule has 212 valence electrons. The Hall–Kier alpha value is -6.44. The van der Waals surface area contributed by atoms with Crippen LogP contribution in [0.3, 0.4) is 0 Å². The lowest BCUT2D eigenvalue weighted by molar-refractivity contribution is -0.385. The maximum Gasteiger partial charge on any atom is 0.269 e. The van der Waals surface area contributed by atoms with Crippen molar-refractivity contribution in [1.29, 1.82) is 0 Å². The van der Waals surface area contributed by atoms with E-state index in [0.29, 0.717) is 0 Å². The van der Waals surface area contributed by atoms with Crippen molar-refractivity contribution in [2.75, 3.05) is 16.6 Å². The Bertz CT molecular complexity index is 1750. The number of anilines is 2. The molecule has 0 N–H and O–H groups in total. The Labute approximate surface area is 240 Å². The first-order valence-electron chi connectivity index (χ1n) is 12.4. The number of carbonyl (C=O) groups excluding carboxylic acids is 4. The Kier molecular flexibility index (Phi) is 6.34. The summed E-state index contributed by atoms with van der Waals surface area (Å²) in [5, 5.41) is 21.8. The lowest BCUT2D eigenvalue weighted by Crippen LogP contribution is -2.29. The quantitative estimate of drug-likeness (QED) is 0.124. The molecule has 0 bridgehead atoms. The van der Waals surface area contributed by atoms with Gasteiger partial charge in [-0.2, -0.15) is 0 Å². The van der Waals surface area contributed by atoms with Gasteiger partial charge in [-0.05, 0) is 60.7 Å². The van der Waals surface area contributed by atoms with Gasteiger partial charge in [-0.25, -0.2) is 9.80 Å². The van der Waals surface area contributed by atoms with Crippen LogP contribution in [0.2, 0.25) is 0 Å². The summed E-state index contributed by atoms with van der Waals surface area (Å²) in [7, 11) is 0. The molecule has 14 nitrogen and oxygen atoms in total. The number of non-ortho nitro benzene ring substituents is 2. The third-order valence-electron chi connectivity index (χ3n) is 6.80. The minimum atomic E-state index is -0.625. The van der Waals surface area contributed by atoms with Gasteiger partial charge in [0.25, 0.3) is 35.0 Å². The molecule has 0 atom stereocenters. The monoisotopic (exact) mass is 580 g/mol. The van der Waals surface area contributed by atoms with Crippen molar-refractivity contribution in [3.05, 3.63) is 127 Å². The number of nitrogens with zero attached hydrogens (tertiary/aromatic N) is 4. The smallest absolute Gasteiger partial charge is 0.269 e. The summed E-state index contributed by atoms with van der Waals surface area (Å²) in [6.07, 6.45) is 0. The van der Waals surface area contributed by atoms with Crippen LogP contribution >= 0.6 is 0 Å². The number of nitro groups is 2. The Morgan fingerprint density at radius 3 is 1.21 bits per heavy atom. The third kappa shape index (κ3) is 4.58. The number of hydrogen-bond donors (Lipinski definition) is 0. The fraction of sp³-hybridized carbons (Fsp3) is 0.0345. The third-order valence-corrected chi connectivity index (χ3v) is 6.80. The zero-order valence-corrected chi connectivity index (χ0v) is 21.7. The van der Waals surface area contributed by atoms with Gasteiger partial charge in [0.1, 0.15) is 11.5 Å². The van der Waals surface area contributed by atoms with Crippen LogP contribution in [0.5, 0.6) is 11.5 Å². The molecule has 0 unspecified atom stereocenters. The summed E-state index contributed by atoms with van der Waals surface area (Å²) in [5.74, 6) is -2.00. The van der Waals surface area contributed by atoms with Gasteiger partial charge >= 0.3 is 0 Å². The zero-order valence-electron chi connectivity index (χ0n) is 21.7. The molecule has 6 rings (SSSR count). The van der Waals surface area contributed by atoms with Crippen molar-refractivity contribution >= 4 is 46.4 Å². The average molecular weight is 580 g/mol. The highest BCUT2D eigenvalue weighted by Crippen LogP contribution is 2.33. The molecule has 4 amide bonds. The maximum atomic E-state index is 13.0. The summed E-state index contributed by atoms with van der Waals surface area (Å²) in [5.41, 5.74) is 0.419. The van der Waals surface area contributed by atoms with E-state index in [2.05, 4.69) is 0 Å². The highest BCUT2D eigenvalue weighted by atomic mass is 16.7. The van der Waals surface area contributed by atoms with Crippen LogP contribution < -0.4 is 19.3 Å². The van der Waals surface area contributed by atoms with Crippen LogP contribution in [0.4, 0.5) is 22.7 Å². The number of hydrogen-bond acceptors (Lipinski definition) is 10. The summed E-state index contributed by atoms with van der Waals surface area (Å²) in [6.45, 7) is -0.347. The second kappa shape index (κ2) is 10.2. The highest BCUT2D eigenvalue weighted by Gasteiger charge is 2.38. The number of rotatable bonds is 8. The molecule has 2 aliphatic rings. The number of benzene rings is 4. The first-order chi connectivity index (χ1) is 20.6. The molecular weight excluding hydrogens is 564 g/mol. The summed E-state index contributed by atoms with van der Waals surface area (Å²) >= 11 is 0. The van der Waals surface area contributed by atoms with Crippen molar-refractivity contribution in [2.45, 2.75) is 0 Å². The van der Waals surface area contributed by atoms with E-state index in [0.717, 1.165) is 9.80 Å². The van der Waals surface area contributed by atoms with E-state index >= 15 is 0 Å². The molecule has 2 aliphatic heterocycles. The standard InChI is InChI=1S/C29H16N4O10/c34-26-22-11-9-20(13-24(22)28(36)30(26)16-1-5-18(6-2-16)32(38)39)42-15-43-21-10-12-23-25(14-21)29(37)31(27(23)35)17-3-7-19(8-4-17)33(40)41/h1-14H,15H2. The largest absolute Gasteiger partial charge is 0.457 e. The molecule has 2 heterocycles. The number of nitro benzene ring substituents is 2. The van der Waals surface area contributed by atoms with E-state index in [1.807, 2.05) is 0 Å². The van der Waals surface area contributed by atoms with Crippen molar-refractivity contribution in [2.24, 2.45) is 0 Å². The predicted molar refractivity (Wildman–Crippen MR) is 147 cm³/mol. The SMILES string of the molecule is O=C1c2ccc(OCOc3ccc4c(c3)C(=O)N(c3ccc([N+](=O)[O-])cc3)C4=O)cc2C(=O)N1c1ccc([N+](=O)[O-])cc1. The first-order valence-corrected chi connectivity index (χ1v) is 12.4. The number of carbonyl (C=O) groups is 4. The first kappa shape index (κ1) is 26.8. The molecule has 0 fully saturated rings. The number of imide groups is 2. The van der Waals surface area contributed by atoms with Gasteiger partial charge in [0.05, 0.1) is 43.5 Å². The predicted octanol–water partition coefficient (Wildman–Crippen LogP) is 4.52. The van der Waals surface area contributed by atoms with Gasteiger partial charge < -0.3 is 9.47 Å². The van der Waals surface area contributed by atoms with E-state index in [1.54, 1.807) is 0 Å². The molecule has 0 saturated heterocycles. The minimum absolute atomic E-state index is 0.0776. The van der Waals surface area contributed by atoms with E-state index < -0.39 is 33.5 Å².